The lowest BCUT2D eigenvalue weighted by atomic mass is 9.78. The number of pyridine rings is 2. The number of carboxylic acid groups (broad SMARTS) is 1. The predicted octanol–water partition coefficient (Wildman–Crippen LogP) is 6.77. The smallest absolute Gasteiger partial charge is 0.341 e. The number of ether oxygens (including phenoxy) is 4. The summed E-state index contributed by atoms with van der Waals surface area (Å²) in [6, 6.07) is 2.60. The molecule has 8 N–H and O–H groups in total. The normalized spacial score (nSPS) is 27.0. The minimum absolute atomic E-state index is 0.0320. The number of carboxylic acids is 1. The van der Waals surface area contributed by atoms with Crippen LogP contribution in [0.5, 0.6) is 23.0 Å². The Morgan fingerprint density at radius 1 is 0.951 bits per heavy atom. The molecule has 10 atom stereocenters. The number of aliphatic hydroxyl groups excluding tert-OH is 2. The average Bonchev–Trinajstić information content (AvgIpc) is 4.12. The second kappa shape index (κ2) is 22.9. The number of phenolic OH excluding ortho intramolecular Hbond substituents is 3. The molecule has 1 unspecified atom stereocenters. The van der Waals surface area contributed by atoms with Gasteiger partial charge in [0.25, 0.3) is 11.7 Å². The van der Waals surface area contributed by atoms with E-state index in [1.807, 2.05) is 0 Å². The van der Waals surface area contributed by atoms with E-state index < -0.39 is 151 Å². The van der Waals surface area contributed by atoms with Gasteiger partial charge in [0.05, 0.1) is 70.1 Å². The van der Waals surface area contributed by atoms with Crippen LogP contribution in [-0.4, -0.2) is 126 Å². The summed E-state index contributed by atoms with van der Waals surface area (Å²) in [6.45, 7) is 12.1. The van der Waals surface area contributed by atoms with E-state index in [-0.39, 0.29) is 64.7 Å². The van der Waals surface area contributed by atoms with Crippen LogP contribution in [0.15, 0.2) is 76.5 Å². The number of phenols is 3. The Bertz CT molecular complexity index is 3590. The van der Waals surface area contributed by atoms with E-state index in [1.54, 1.807) is 33.8 Å². The fraction of sp³-hybridized carbons (Fsp3) is 0.386. The van der Waals surface area contributed by atoms with Gasteiger partial charge in [-0.25, -0.2) is 22.9 Å². The number of hydrogen-bond donors (Lipinski definition) is 8. The van der Waals surface area contributed by atoms with Crippen molar-refractivity contribution >= 4 is 63.2 Å². The Kier molecular flexibility index (Phi) is 16.6. The van der Waals surface area contributed by atoms with Crippen LogP contribution >= 0.6 is 0 Å². The van der Waals surface area contributed by atoms with Gasteiger partial charge in [0.1, 0.15) is 40.6 Å². The first-order valence-corrected chi connectivity index (χ1v) is 25.8. The van der Waals surface area contributed by atoms with Crippen LogP contribution in [0.1, 0.15) is 86.7 Å². The van der Waals surface area contributed by atoms with Crippen LogP contribution in [0.4, 0.5) is 24.7 Å². The number of ketones is 1. The van der Waals surface area contributed by atoms with Crippen LogP contribution in [-0.2, 0) is 23.8 Å². The standard InChI is InChI=1S/C57H61F3N6O15/c1-24-11-10-12-25(2)55(75)62-43-34(21-61-64-32-15-17-65(22-32)54-37(60)20-33-47(71)35(56(76)77)23-66(53(33)63-54)38-14-13-31(58)19-36(38)59)48(72)40-41(49(43)73)46(70)29(6)51-42(40)52(74)57(8,81-51)79-18-16-39(78-9)26(3)50(80-30(7)67)28(5)45(69)27(4)44(24)68/h10-14,16,18-21,23-24,26-28,32,39,44-45,50,64,68-70,72-73H,15,17,22H2,1-9H3,(H,62,75)(H,76,77)/b11-10+,18-16+,25-12-,61-21+/t24-,26-,27-,28-,32?,39+,44+,45+,50-,57+/m1/s1. The molecular weight excluding hydrogens is 1070 g/mol. The number of carbonyl (C=O) groups excluding carboxylic acids is 3. The Balaban J connectivity index is 1.19. The first-order valence-electron chi connectivity index (χ1n) is 25.8. The van der Waals surface area contributed by atoms with Crippen LogP contribution in [0, 0.1) is 48.0 Å². The number of amides is 1. The number of esters is 1. The fourth-order valence-corrected chi connectivity index (χ4v) is 10.6. The Labute approximate surface area is 461 Å². The molecule has 9 rings (SSSR count). The number of benzene rings is 3. The second-order valence-electron chi connectivity index (χ2n) is 20.7. The summed E-state index contributed by atoms with van der Waals surface area (Å²) in [4.78, 5) is 72.3. The Morgan fingerprint density at radius 3 is 2.33 bits per heavy atom. The predicted molar refractivity (Wildman–Crippen MR) is 289 cm³/mol. The monoisotopic (exact) mass is 1130 g/mol. The highest BCUT2D eigenvalue weighted by molar-refractivity contribution is 6.24. The molecule has 5 bridgehead atoms. The van der Waals surface area contributed by atoms with Gasteiger partial charge in [0.2, 0.25) is 5.43 Å². The molecule has 1 saturated heterocycles. The number of aromatic nitrogens is 2. The van der Waals surface area contributed by atoms with E-state index in [0.717, 1.165) is 41.4 Å². The molecule has 81 heavy (non-hydrogen) atoms. The molecule has 1 amide bonds. The number of aliphatic hydroxyl groups is 2. The van der Waals surface area contributed by atoms with Gasteiger partial charge < -0.3 is 65.2 Å². The van der Waals surface area contributed by atoms with Crippen molar-refractivity contribution in [3.63, 3.8) is 0 Å². The molecule has 1 fully saturated rings. The maximum absolute atomic E-state index is 16.0. The summed E-state index contributed by atoms with van der Waals surface area (Å²) in [6.07, 6.45) is 4.92. The molecule has 0 radical (unpaired) electrons. The van der Waals surface area contributed by atoms with E-state index in [0.29, 0.717) is 6.07 Å². The third-order valence-corrected chi connectivity index (χ3v) is 15.3. The number of aromatic carboxylic acids is 1. The Hall–Kier alpha value is -8.48. The van der Waals surface area contributed by atoms with Crippen molar-refractivity contribution in [1.82, 2.24) is 15.0 Å². The highest BCUT2D eigenvalue weighted by atomic mass is 19.1. The molecule has 5 aromatic rings. The second-order valence-corrected chi connectivity index (χ2v) is 20.7. The van der Waals surface area contributed by atoms with E-state index in [9.17, 15) is 59.0 Å². The number of carbonyl (C=O) groups is 4. The maximum atomic E-state index is 16.0. The first-order chi connectivity index (χ1) is 38.2. The molecule has 0 saturated carbocycles. The van der Waals surface area contributed by atoms with Gasteiger partial charge in [0.15, 0.2) is 23.0 Å². The number of aromatic hydroxyl groups is 3. The highest BCUT2D eigenvalue weighted by Gasteiger charge is 2.50. The van der Waals surface area contributed by atoms with Crippen molar-refractivity contribution in [2.75, 3.05) is 30.4 Å². The minimum atomic E-state index is -2.19. The van der Waals surface area contributed by atoms with Gasteiger partial charge in [-0.1, -0.05) is 45.9 Å². The summed E-state index contributed by atoms with van der Waals surface area (Å²) in [5.74, 6) is -14.9. The number of nitrogens with zero attached hydrogens (tertiary/aromatic N) is 4. The van der Waals surface area contributed by atoms with Crippen LogP contribution in [0.3, 0.4) is 0 Å². The maximum Gasteiger partial charge on any atom is 0.341 e. The molecule has 0 spiro atoms. The molecule has 3 aromatic carbocycles. The topological polar surface area (TPSA) is 301 Å². The average molecular weight is 1130 g/mol. The first kappa shape index (κ1) is 58.7. The van der Waals surface area contributed by atoms with Crippen molar-refractivity contribution in [3.8, 4) is 28.7 Å². The zero-order valence-electron chi connectivity index (χ0n) is 45.4. The molecular formula is C57H61F3N6O15. The van der Waals surface area contributed by atoms with Gasteiger partial charge in [-0.05, 0) is 44.5 Å². The van der Waals surface area contributed by atoms with Gasteiger partial charge in [0, 0.05) is 86.5 Å². The molecule has 21 nitrogen and oxygen atoms in total. The van der Waals surface area contributed by atoms with Gasteiger partial charge in [-0.15, -0.1) is 0 Å². The highest BCUT2D eigenvalue weighted by Crippen LogP contribution is 2.55. The number of fused-ring (bicyclic) bond motifs is 15. The minimum Gasteiger partial charge on any atom is -0.507 e. The number of anilines is 2. The number of halogens is 3. The number of methoxy groups -OCH3 is 1. The van der Waals surface area contributed by atoms with Gasteiger partial charge in [-0.3, -0.25) is 23.7 Å². The van der Waals surface area contributed by atoms with E-state index in [4.69, 9.17) is 18.9 Å². The number of nitrogens with one attached hydrogen (secondary N) is 2. The van der Waals surface area contributed by atoms with Crippen molar-refractivity contribution in [2.24, 2.45) is 28.8 Å². The van der Waals surface area contributed by atoms with Crippen LogP contribution in [0.2, 0.25) is 0 Å². The van der Waals surface area contributed by atoms with Gasteiger partial charge >= 0.3 is 17.7 Å². The lowest BCUT2D eigenvalue weighted by Gasteiger charge is -2.38. The fourth-order valence-electron chi connectivity index (χ4n) is 10.6. The van der Waals surface area contributed by atoms with Crippen molar-refractivity contribution in [1.29, 1.82) is 0 Å². The van der Waals surface area contributed by atoms with Crippen LogP contribution in [0.25, 0.3) is 27.5 Å². The van der Waals surface area contributed by atoms with E-state index in [1.165, 1.54) is 57.9 Å². The number of hydrogen-bond acceptors (Lipinski definition) is 18. The SMILES string of the molecule is CO[C@H]1/C=C/O[C@@]2(C)Oc3c(C)c(O)c4c(O)c(c(/C=N/NC5CCN(c6nc7c(cc6F)c(=O)c(C(=O)O)cn7-c6ccc(F)cc6F)C5)c(O)c4c3C2=O)NC(=O)/C(C)=C\C=C\[C@@H](C)[C@H](O)[C@@H](C)[C@H](O)[C@@H](C)[C@H](OC(C)=O)[C@@H]1C. The third-order valence-electron chi connectivity index (χ3n) is 15.3. The van der Waals surface area contributed by atoms with Crippen molar-refractivity contribution < 1.29 is 81.9 Å². The number of hydrazone groups is 1. The summed E-state index contributed by atoms with van der Waals surface area (Å²) < 4.78 is 69.7. The lowest BCUT2D eigenvalue weighted by Crippen LogP contribution is -2.46. The zero-order valence-corrected chi connectivity index (χ0v) is 45.4. The van der Waals surface area contributed by atoms with E-state index in [2.05, 4.69) is 20.8 Å². The summed E-state index contributed by atoms with van der Waals surface area (Å²) in [7, 11) is 1.39. The lowest BCUT2D eigenvalue weighted by molar-refractivity contribution is -0.160. The zero-order chi connectivity index (χ0) is 59.3. The summed E-state index contributed by atoms with van der Waals surface area (Å²) in [5, 5.41) is 74.6. The van der Waals surface area contributed by atoms with Crippen molar-refractivity contribution in [3.05, 3.63) is 117 Å². The van der Waals surface area contributed by atoms with E-state index >= 15 is 8.78 Å². The molecule has 4 aliphatic heterocycles. The van der Waals surface area contributed by atoms with Crippen LogP contribution < -0.4 is 25.8 Å². The largest absolute Gasteiger partial charge is 0.507 e. The third kappa shape index (κ3) is 11.0. The quantitative estimate of drug-likeness (QED) is 0.0261. The Morgan fingerprint density at radius 2 is 1.67 bits per heavy atom. The molecule has 4 aliphatic rings. The molecule has 24 heteroatoms. The molecule has 0 aliphatic carbocycles. The number of rotatable bonds is 8. The molecule has 2 aromatic heterocycles. The molecule has 430 valence electrons. The summed E-state index contributed by atoms with van der Waals surface area (Å²) in [5.41, 5.74) is -0.958. The van der Waals surface area contributed by atoms with Gasteiger partial charge in [-0.2, -0.15) is 5.10 Å². The number of allylic oxidation sites excluding steroid dienone is 2. The molecule has 6 heterocycles. The summed E-state index contributed by atoms with van der Waals surface area (Å²) >= 11 is 0. The number of Topliss-reactive ketones (excluding diaryl/α,β-unsaturated/α-hetero) is 1. The van der Waals surface area contributed by atoms with Crippen molar-refractivity contribution in [2.45, 2.75) is 98.1 Å².